The van der Waals surface area contributed by atoms with Gasteiger partial charge in [0.1, 0.15) is 5.02 Å². The Kier molecular flexibility index (Phi) is 5.27. The van der Waals surface area contributed by atoms with E-state index in [4.69, 9.17) is 16.3 Å². The van der Waals surface area contributed by atoms with E-state index in [1.807, 2.05) is 13.8 Å². The normalized spacial score (nSPS) is 18.0. The molecule has 0 aliphatic carbocycles. The standard InChI is InChI=1S/C15H24ClN3O2/c1-11(2)9-19-14(20)13(16)12(8-18-19)17-10-15(3)4-6-21-7-5-15/h8,11,17H,4-7,9-10H2,1-3H3. The van der Waals surface area contributed by atoms with Gasteiger partial charge in [0.25, 0.3) is 5.56 Å². The Labute approximate surface area is 130 Å². The third-order valence-corrected chi connectivity index (χ3v) is 4.29. The van der Waals surface area contributed by atoms with Crippen molar-refractivity contribution < 1.29 is 4.74 Å². The Morgan fingerprint density at radius 1 is 1.48 bits per heavy atom. The zero-order chi connectivity index (χ0) is 15.5. The van der Waals surface area contributed by atoms with Crippen LogP contribution in [0, 0.1) is 11.3 Å². The average molecular weight is 314 g/mol. The molecule has 0 saturated carbocycles. The molecular formula is C15H24ClN3O2. The van der Waals surface area contributed by atoms with Crippen molar-refractivity contribution in [3.05, 3.63) is 21.6 Å². The van der Waals surface area contributed by atoms with Crippen LogP contribution in [0.3, 0.4) is 0 Å². The number of hydrogen-bond acceptors (Lipinski definition) is 4. The molecule has 1 aliphatic rings. The van der Waals surface area contributed by atoms with Crippen LogP contribution in [0.15, 0.2) is 11.0 Å². The summed E-state index contributed by atoms with van der Waals surface area (Å²) in [5, 5.41) is 7.70. The first-order chi connectivity index (χ1) is 9.91. The summed E-state index contributed by atoms with van der Waals surface area (Å²) in [6, 6.07) is 0. The highest BCUT2D eigenvalue weighted by Crippen LogP contribution is 2.30. The molecule has 6 heteroatoms. The topological polar surface area (TPSA) is 56.1 Å². The molecule has 0 aromatic carbocycles. The van der Waals surface area contributed by atoms with Crippen molar-refractivity contribution in [2.75, 3.05) is 25.1 Å². The van der Waals surface area contributed by atoms with Crippen LogP contribution in [0.2, 0.25) is 5.02 Å². The van der Waals surface area contributed by atoms with Gasteiger partial charge in [-0.25, -0.2) is 4.68 Å². The van der Waals surface area contributed by atoms with Gasteiger partial charge in [-0.3, -0.25) is 4.79 Å². The molecule has 5 nitrogen and oxygen atoms in total. The first-order valence-electron chi connectivity index (χ1n) is 7.48. The molecule has 0 spiro atoms. The molecular weight excluding hydrogens is 290 g/mol. The lowest BCUT2D eigenvalue weighted by Gasteiger charge is -2.33. The lowest BCUT2D eigenvalue weighted by molar-refractivity contribution is 0.0300. The molecule has 118 valence electrons. The Morgan fingerprint density at radius 2 is 2.14 bits per heavy atom. The van der Waals surface area contributed by atoms with Gasteiger partial charge in [0, 0.05) is 26.3 Å². The predicted molar refractivity (Wildman–Crippen MR) is 85.0 cm³/mol. The number of nitrogens with one attached hydrogen (secondary N) is 1. The van der Waals surface area contributed by atoms with Crippen LogP contribution in [-0.2, 0) is 11.3 Å². The van der Waals surface area contributed by atoms with E-state index < -0.39 is 0 Å². The maximum atomic E-state index is 12.2. The van der Waals surface area contributed by atoms with Gasteiger partial charge in [0.15, 0.2) is 0 Å². The number of ether oxygens (including phenoxy) is 1. The summed E-state index contributed by atoms with van der Waals surface area (Å²) in [6.45, 7) is 9.24. The van der Waals surface area contributed by atoms with Crippen LogP contribution < -0.4 is 10.9 Å². The number of hydrogen-bond donors (Lipinski definition) is 1. The summed E-state index contributed by atoms with van der Waals surface area (Å²) in [5.74, 6) is 0.353. The van der Waals surface area contributed by atoms with Crippen LogP contribution in [0.25, 0.3) is 0 Å². The number of halogens is 1. The van der Waals surface area contributed by atoms with Crippen molar-refractivity contribution in [3.63, 3.8) is 0 Å². The fraction of sp³-hybridized carbons (Fsp3) is 0.733. The SMILES string of the molecule is CC(C)Cn1ncc(NCC2(C)CCOCC2)c(Cl)c1=O. The number of nitrogens with zero attached hydrogens (tertiary/aromatic N) is 2. The molecule has 0 bridgehead atoms. The van der Waals surface area contributed by atoms with Crippen molar-refractivity contribution in [3.8, 4) is 0 Å². The van der Waals surface area contributed by atoms with E-state index in [-0.39, 0.29) is 16.0 Å². The van der Waals surface area contributed by atoms with Crippen molar-refractivity contribution in [2.24, 2.45) is 11.3 Å². The van der Waals surface area contributed by atoms with Crippen molar-refractivity contribution >= 4 is 17.3 Å². The lowest BCUT2D eigenvalue weighted by Crippen LogP contribution is -2.34. The molecule has 1 saturated heterocycles. The number of aromatic nitrogens is 2. The van der Waals surface area contributed by atoms with Gasteiger partial charge < -0.3 is 10.1 Å². The highest BCUT2D eigenvalue weighted by molar-refractivity contribution is 6.32. The minimum absolute atomic E-state index is 0.175. The minimum Gasteiger partial charge on any atom is -0.382 e. The Bertz CT molecular complexity index is 536. The van der Waals surface area contributed by atoms with Gasteiger partial charge in [-0.15, -0.1) is 0 Å². The molecule has 1 aromatic heterocycles. The molecule has 1 fully saturated rings. The predicted octanol–water partition coefficient (Wildman–Crippen LogP) is 2.78. The van der Waals surface area contributed by atoms with E-state index in [9.17, 15) is 4.79 Å². The molecule has 1 N–H and O–H groups in total. The third-order valence-electron chi connectivity index (χ3n) is 3.93. The van der Waals surface area contributed by atoms with Crippen LogP contribution in [0.4, 0.5) is 5.69 Å². The second-order valence-corrected chi connectivity index (χ2v) is 6.91. The van der Waals surface area contributed by atoms with Crippen LogP contribution in [0.5, 0.6) is 0 Å². The van der Waals surface area contributed by atoms with Crippen molar-refractivity contribution in [2.45, 2.75) is 40.2 Å². The number of rotatable bonds is 5. The molecule has 0 amide bonds. The Morgan fingerprint density at radius 3 is 2.76 bits per heavy atom. The molecule has 0 unspecified atom stereocenters. The van der Waals surface area contributed by atoms with Gasteiger partial charge in [0.05, 0.1) is 11.9 Å². The highest BCUT2D eigenvalue weighted by atomic mass is 35.5. The summed E-state index contributed by atoms with van der Waals surface area (Å²) in [5.41, 5.74) is 0.566. The molecule has 2 heterocycles. The van der Waals surface area contributed by atoms with E-state index >= 15 is 0 Å². The Hall–Kier alpha value is -1.07. The summed E-state index contributed by atoms with van der Waals surface area (Å²) in [6.07, 6.45) is 3.67. The summed E-state index contributed by atoms with van der Waals surface area (Å²) in [4.78, 5) is 12.2. The minimum atomic E-state index is -0.229. The van der Waals surface area contributed by atoms with E-state index in [0.717, 1.165) is 32.6 Å². The number of anilines is 1. The summed E-state index contributed by atoms with van der Waals surface area (Å²) >= 11 is 6.18. The molecule has 1 aromatic rings. The van der Waals surface area contributed by atoms with Crippen molar-refractivity contribution in [1.82, 2.24) is 9.78 Å². The monoisotopic (exact) mass is 313 g/mol. The average Bonchev–Trinajstić information content (AvgIpc) is 2.43. The lowest BCUT2D eigenvalue weighted by atomic mass is 9.82. The second kappa shape index (κ2) is 6.79. The Balaban J connectivity index is 2.07. The molecule has 21 heavy (non-hydrogen) atoms. The summed E-state index contributed by atoms with van der Waals surface area (Å²) in [7, 11) is 0. The quantitative estimate of drug-likeness (QED) is 0.908. The van der Waals surface area contributed by atoms with E-state index in [1.54, 1.807) is 6.20 Å². The van der Waals surface area contributed by atoms with E-state index in [2.05, 4.69) is 17.3 Å². The molecule has 1 aliphatic heterocycles. The molecule has 2 rings (SSSR count). The zero-order valence-electron chi connectivity index (χ0n) is 13.0. The van der Waals surface area contributed by atoms with Gasteiger partial charge >= 0.3 is 0 Å². The van der Waals surface area contributed by atoms with Crippen LogP contribution in [-0.4, -0.2) is 29.5 Å². The van der Waals surface area contributed by atoms with Gasteiger partial charge in [0.2, 0.25) is 0 Å². The fourth-order valence-corrected chi connectivity index (χ4v) is 2.63. The highest BCUT2D eigenvalue weighted by Gasteiger charge is 2.27. The first kappa shape index (κ1) is 16.3. The van der Waals surface area contributed by atoms with Crippen LogP contribution in [0.1, 0.15) is 33.6 Å². The molecule has 0 radical (unpaired) electrons. The van der Waals surface area contributed by atoms with Gasteiger partial charge in [-0.1, -0.05) is 32.4 Å². The van der Waals surface area contributed by atoms with Crippen molar-refractivity contribution in [1.29, 1.82) is 0 Å². The van der Waals surface area contributed by atoms with Gasteiger partial charge in [-0.05, 0) is 24.2 Å². The third kappa shape index (κ3) is 4.20. The van der Waals surface area contributed by atoms with E-state index in [1.165, 1.54) is 4.68 Å². The summed E-state index contributed by atoms with van der Waals surface area (Å²) < 4.78 is 6.82. The largest absolute Gasteiger partial charge is 0.382 e. The smallest absolute Gasteiger partial charge is 0.287 e. The first-order valence-corrected chi connectivity index (χ1v) is 7.86. The maximum absolute atomic E-state index is 12.2. The van der Waals surface area contributed by atoms with Gasteiger partial charge in [-0.2, -0.15) is 5.10 Å². The van der Waals surface area contributed by atoms with E-state index in [0.29, 0.717) is 18.2 Å². The second-order valence-electron chi connectivity index (χ2n) is 6.53. The fourth-order valence-electron chi connectivity index (χ4n) is 2.41. The molecule has 0 atom stereocenters. The zero-order valence-corrected chi connectivity index (χ0v) is 13.7. The maximum Gasteiger partial charge on any atom is 0.287 e. The van der Waals surface area contributed by atoms with Crippen LogP contribution >= 0.6 is 11.6 Å².